The molecule has 0 aromatic heterocycles. The average molecular weight is 394 g/mol. The lowest BCUT2D eigenvalue weighted by molar-refractivity contribution is 0.532. The van der Waals surface area contributed by atoms with Crippen LogP contribution >= 0.6 is 0 Å². The van der Waals surface area contributed by atoms with E-state index in [4.69, 9.17) is 0 Å². The van der Waals surface area contributed by atoms with Gasteiger partial charge in [0, 0.05) is 6.07 Å². The van der Waals surface area contributed by atoms with Crippen molar-refractivity contribution < 1.29 is 8.78 Å². The summed E-state index contributed by atoms with van der Waals surface area (Å²) in [6.07, 6.45) is 23.6. The van der Waals surface area contributed by atoms with Crippen LogP contribution in [-0.4, -0.2) is 0 Å². The Morgan fingerprint density at radius 1 is 0.750 bits per heavy atom. The Morgan fingerprint density at radius 3 is 1.75 bits per heavy atom. The molecule has 1 unspecified atom stereocenters. The zero-order valence-electron chi connectivity index (χ0n) is 18.5. The van der Waals surface area contributed by atoms with Gasteiger partial charge in [0.2, 0.25) is 0 Å². The fourth-order valence-electron chi connectivity index (χ4n) is 3.88. The summed E-state index contributed by atoms with van der Waals surface area (Å²) in [7, 11) is 0. The van der Waals surface area contributed by atoms with Gasteiger partial charge in [0.1, 0.15) is 11.6 Å². The van der Waals surface area contributed by atoms with E-state index in [9.17, 15) is 8.78 Å². The normalized spacial score (nSPS) is 12.4. The maximum atomic E-state index is 13.8. The van der Waals surface area contributed by atoms with Crippen LogP contribution < -0.4 is 0 Å². The van der Waals surface area contributed by atoms with Crippen LogP contribution in [0.4, 0.5) is 8.78 Å². The molecule has 2 heteroatoms. The van der Waals surface area contributed by atoms with Crippen molar-refractivity contribution in [3.63, 3.8) is 0 Å². The summed E-state index contributed by atoms with van der Waals surface area (Å²) >= 11 is 0. The Morgan fingerprint density at radius 2 is 1.25 bits per heavy atom. The van der Waals surface area contributed by atoms with Crippen LogP contribution in [0, 0.1) is 18.1 Å². The molecule has 0 aliphatic carbocycles. The van der Waals surface area contributed by atoms with Gasteiger partial charge in [-0.15, -0.1) is 0 Å². The van der Waals surface area contributed by atoms with E-state index in [-0.39, 0.29) is 5.92 Å². The minimum absolute atomic E-state index is 0.118. The topological polar surface area (TPSA) is 0 Å². The first-order valence-electron chi connectivity index (χ1n) is 11.9. The van der Waals surface area contributed by atoms with E-state index in [1.54, 1.807) is 6.07 Å². The molecule has 0 N–H and O–H groups in total. The van der Waals surface area contributed by atoms with Crippen LogP contribution in [0.5, 0.6) is 0 Å². The molecule has 0 saturated heterocycles. The number of hydrogen-bond acceptors (Lipinski definition) is 0. The predicted molar refractivity (Wildman–Crippen MR) is 119 cm³/mol. The highest BCUT2D eigenvalue weighted by Crippen LogP contribution is 2.25. The largest absolute Gasteiger partial charge is 0.207 e. The minimum atomic E-state index is -0.500. The van der Waals surface area contributed by atoms with Crippen LogP contribution in [0.2, 0.25) is 0 Å². The molecule has 161 valence electrons. The Bertz CT molecular complexity index is 483. The van der Waals surface area contributed by atoms with Gasteiger partial charge in [-0.2, -0.15) is 0 Å². The second-order valence-electron chi connectivity index (χ2n) is 8.48. The van der Waals surface area contributed by atoms with Crippen molar-refractivity contribution in [3.8, 4) is 0 Å². The molecule has 28 heavy (non-hydrogen) atoms. The first-order valence-corrected chi connectivity index (χ1v) is 11.9. The van der Waals surface area contributed by atoms with Gasteiger partial charge >= 0.3 is 0 Å². The lowest BCUT2D eigenvalue weighted by Gasteiger charge is -2.12. The van der Waals surface area contributed by atoms with Crippen LogP contribution in [0.3, 0.4) is 0 Å². The van der Waals surface area contributed by atoms with Gasteiger partial charge in [-0.3, -0.25) is 0 Å². The molecule has 0 nitrogen and oxygen atoms in total. The summed E-state index contributed by atoms with van der Waals surface area (Å²) in [4.78, 5) is 0. The molecule has 0 amide bonds. The van der Waals surface area contributed by atoms with Gasteiger partial charge in [-0.25, -0.2) is 8.78 Å². The third-order valence-corrected chi connectivity index (χ3v) is 5.78. The minimum Gasteiger partial charge on any atom is -0.207 e. The maximum Gasteiger partial charge on any atom is 0.129 e. The standard InChI is InChI=1S/C26H43F2/c1-3-4-5-6-7-8-9-10-11-12-13-14-15-16-17-18-19-23(2)25-21-20-24(27)22-26(25)28/h18,20-23H,3-17,19H2,1-2H3. The monoisotopic (exact) mass is 393 g/mol. The third kappa shape index (κ3) is 12.5. The molecule has 0 heterocycles. The van der Waals surface area contributed by atoms with E-state index in [1.807, 2.05) is 6.92 Å². The van der Waals surface area contributed by atoms with Gasteiger partial charge in [-0.05, 0) is 30.4 Å². The summed E-state index contributed by atoms with van der Waals surface area (Å²) < 4.78 is 26.7. The number of hydrogen-bond donors (Lipinski definition) is 0. The molecule has 0 aliphatic rings. The van der Waals surface area contributed by atoms with E-state index >= 15 is 0 Å². The summed E-state index contributed by atoms with van der Waals surface area (Å²) in [6.45, 7) is 4.29. The van der Waals surface area contributed by atoms with E-state index in [1.165, 1.54) is 96.0 Å². The van der Waals surface area contributed by atoms with Gasteiger partial charge in [-0.1, -0.05) is 116 Å². The Hall–Kier alpha value is -0.920. The Kier molecular flexibility index (Phi) is 15.2. The van der Waals surface area contributed by atoms with Gasteiger partial charge < -0.3 is 0 Å². The molecule has 1 aromatic rings. The van der Waals surface area contributed by atoms with Crippen molar-refractivity contribution in [3.05, 3.63) is 41.8 Å². The second-order valence-corrected chi connectivity index (χ2v) is 8.48. The fraction of sp³-hybridized carbons (Fsp3) is 0.731. The smallest absolute Gasteiger partial charge is 0.129 e. The third-order valence-electron chi connectivity index (χ3n) is 5.78. The quantitative estimate of drug-likeness (QED) is 0.218. The van der Waals surface area contributed by atoms with E-state index < -0.39 is 11.6 Å². The number of halogens is 2. The molecule has 0 saturated carbocycles. The van der Waals surface area contributed by atoms with Gasteiger partial charge in [0.25, 0.3) is 0 Å². The molecule has 0 fully saturated rings. The second kappa shape index (κ2) is 17.0. The molecule has 0 bridgehead atoms. The zero-order valence-corrected chi connectivity index (χ0v) is 18.5. The van der Waals surface area contributed by atoms with Crippen LogP contribution in [0.25, 0.3) is 0 Å². The molecule has 1 radical (unpaired) electrons. The average Bonchev–Trinajstić information content (AvgIpc) is 2.67. The van der Waals surface area contributed by atoms with Crippen molar-refractivity contribution in [2.24, 2.45) is 0 Å². The summed E-state index contributed by atoms with van der Waals surface area (Å²) in [5.74, 6) is -0.801. The van der Waals surface area contributed by atoms with Crippen molar-refractivity contribution in [1.29, 1.82) is 0 Å². The highest BCUT2D eigenvalue weighted by molar-refractivity contribution is 5.22. The number of rotatable bonds is 18. The van der Waals surface area contributed by atoms with E-state index in [2.05, 4.69) is 13.3 Å². The molecule has 0 spiro atoms. The SMILES string of the molecule is CCCCCCCCCCCCCCCC[CH]CC(C)c1ccc(F)cc1F. The van der Waals surface area contributed by atoms with Crippen LogP contribution in [0.1, 0.15) is 128 Å². The van der Waals surface area contributed by atoms with Gasteiger partial charge in [0.15, 0.2) is 0 Å². The maximum absolute atomic E-state index is 13.8. The molecule has 0 aliphatic heterocycles. The lowest BCUT2D eigenvalue weighted by Crippen LogP contribution is -1.98. The first-order chi connectivity index (χ1) is 13.6. The molecular formula is C26H43F2. The van der Waals surface area contributed by atoms with Crippen molar-refractivity contribution >= 4 is 0 Å². The predicted octanol–water partition coefficient (Wildman–Crippen LogP) is 9.53. The zero-order chi connectivity index (χ0) is 20.5. The summed E-state index contributed by atoms with van der Waals surface area (Å²) in [6, 6.07) is 3.91. The van der Waals surface area contributed by atoms with E-state index in [0.717, 1.165) is 18.9 Å². The summed E-state index contributed by atoms with van der Waals surface area (Å²) in [5, 5.41) is 0. The number of unbranched alkanes of at least 4 members (excludes halogenated alkanes) is 15. The molecule has 1 atom stereocenters. The highest BCUT2D eigenvalue weighted by atomic mass is 19.1. The molecule has 1 rings (SSSR count). The molecule has 1 aromatic carbocycles. The Labute approximate surface area is 173 Å². The number of benzene rings is 1. The Balaban J connectivity index is 1.85. The summed E-state index contributed by atoms with van der Waals surface area (Å²) in [5.41, 5.74) is 0.624. The van der Waals surface area contributed by atoms with Crippen molar-refractivity contribution in [2.75, 3.05) is 0 Å². The lowest BCUT2D eigenvalue weighted by atomic mass is 9.94. The van der Waals surface area contributed by atoms with Crippen LogP contribution in [-0.2, 0) is 0 Å². The molecular weight excluding hydrogens is 350 g/mol. The fourth-order valence-corrected chi connectivity index (χ4v) is 3.88. The van der Waals surface area contributed by atoms with Crippen molar-refractivity contribution in [1.82, 2.24) is 0 Å². The van der Waals surface area contributed by atoms with Gasteiger partial charge in [0.05, 0.1) is 0 Å². The first kappa shape index (κ1) is 25.1. The van der Waals surface area contributed by atoms with Crippen molar-refractivity contribution in [2.45, 2.75) is 122 Å². The highest BCUT2D eigenvalue weighted by Gasteiger charge is 2.11. The van der Waals surface area contributed by atoms with E-state index in [0.29, 0.717) is 5.56 Å². The van der Waals surface area contributed by atoms with Crippen LogP contribution in [0.15, 0.2) is 18.2 Å².